The predicted octanol–water partition coefficient (Wildman–Crippen LogP) is 1.09. The molecule has 1 amide bonds. The fourth-order valence-electron chi connectivity index (χ4n) is 2.24. The van der Waals surface area contributed by atoms with Crippen molar-refractivity contribution >= 4 is 39.2 Å². The van der Waals surface area contributed by atoms with Gasteiger partial charge in [-0.1, -0.05) is 6.92 Å². The molecule has 0 spiro atoms. The molecule has 24 heavy (non-hydrogen) atoms. The van der Waals surface area contributed by atoms with Crippen LogP contribution >= 0.6 is 11.3 Å². The Morgan fingerprint density at radius 3 is 2.17 bits per heavy atom. The number of methoxy groups -OCH3 is 2. The first kappa shape index (κ1) is 18.4. The fourth-order valence-corrected chi connectivity index (χ4v) is 5.02. The summed E-state index contributed by atoms with van der Waals surface area (Å²) in [7, 11) is -2.07. The van der Waals surface area contributed by atoms with E-state index in [9.17, 15) is 22.8 Å². The summed E-state index contributed by atoms with van der Waals surface area (Å²) in [5.74, 6) is -2.54. The minimum Gasteiger partial charge on any atom is -0.465 e. The summed E-state index contributed by atoms with van der Waals surface area (Å²) in [5.41, 5.74) is -0.140. The Morgan fingerprint density at radius 2 is 1.71 bits per heavy atom. The van der Waals surface area contributed by atoms with E-state index in [4.69, 9.17) is 0 Å². The molecule has 2 atom stereocenters. The number of hydrogen-bond donors (Lipinski definition) is 1. The second kappa shape index (κ2) is 6.52. The van der Waals surface area contributed by atoms with E-state index < -0.39 is 32.1 Å². The van der Waals surface area contributed by atoms with Gasteiger partial charge in [-0.3, -0.25) is 4.79 Å². The van der Waals surface area contributed by atoms with Crippen LogP contribution in [-0.2, 0) is 24.3 Å². The largest absolute Gasteiger partial charge is 0.465 e. The minimum atomic E-state index is -4.31. The van der Waals surface area contributed by atoms with Gasteiger partial charge in [-0.2, -0.15) is 0 Å². The summed E-state index contributed by atoms with van der Waals surface area (Å²) in [6, 6.07) is 0. The van der Waals surface area contributed by atoms with Crippen LogP contribution in [0.5, 0.6) is 0 Å². The highest BCUT2D eigenvalue weighted by Crippen LogP contribution is 2.39. The Hall–Kier alpha value is -1.94. The Morgan fingerprint density at radius 1 is 1.17 bits per heavy atom. The number of hydrogen-bond acceptors (Lipinski definition) is 8. The molecular formula is C14H17NO7S2. The zero-order chi connectivity index (χ0) is 18.2. The molecule has 1 aromatic heterocycles. The quantitative estimate of drug-likeness (QED) is 0.766. The molecule has 1 saturated carbocycles. The van der Waals surface area contributed by atoms with Crippen molar-refractivity contribution in [2.75, 3.05) is 14.2 Å². The van der Waals surface area contributed by atoms with Crippen LogP contribution in [0, 0.1) is 18.8 Å². The molecule has 1 aliphatic rings. The van der Waals surface area contributed by atoms with Crippen LogP contribution < -0.4 is 4.72 Å². The fraction of sp³-hybridized carbons (Fsp3) is 0.500. The van der Waals surface area contributed by atoms with Gasteiger partial charge in [-0.15, -0.1) is 11.3 Å². The lowest BCUT2D eigenvalue weighted by molar-refractivity contribution is -0.120. The molecule has 0 radical (unpaired) electrons. The first-order valence-electron chi connectivity index (χ1n) is 7.00. The van der Waals surface area contributed by atoms with Gasteiger partial charge in [0, 0.05) is 5.92 Å². The molecule has 1 aromatic rings. The van der Waals surface area contributed by atoms with Crippen molar-refractivity contribution < 1.29 is 32.3 Å². The van der Waals surface area contributed by atoms with E-state index in [1.807, 2.05) is 11.6 Å². The van der Waals surface area contributed by atoms with E-state index in [1.54, 1.807) is 0 Å². The van der Waals surface area contributed by atoms with Crippen molar-refractivity contribution in [3.05, 3.63) is 16.0 Å². The highest BCUT2D eigenvalue weighted by Gasteiger charge is 2.42. The normalized spacial score (nSPS) is 19.5. The van der Waals surface area contributed by atoms with Gasteiger partial charge in [0.25, 0.3) is 10.0 Å². The molecule has 0 saturated heterocycles. The number of carbonyl (C=O) groups excluding carboxylic acids is 3. The van der Waals surface area contributed by atoms with Gasteiger partial charge < -0.3 is 9.47 Å². The Kier molecular flexibility index (Phi) is 5.00. The van der Waals surface area contributed by atoms with Crippen molar-refractivity contribution in [3.8, 4) is 0 Å². The summed E-state index contributed by atoms with van der Waals surface area (Å²) in [6.07, 6.45) is 0.613. The molecule has 0 aromatic carbocycles. The second-order valence-electron chi connectivity index (χ2n) is 5.49. The standard InChI is InChI=1S/C14H17NO7S2/c1-6-5-8(6)11(16)15-24(19,20)14-9(12(17)21-3)7(2)10(23-14)13(18)22-4/h6,8H,5H2,1-4H3,(H,15,16)/t6-,8+/m1/s1. The monoisotopic (exact) mass is 375 g/mol. The molecular weight excluding hydrogens is 358 g/mol. The highest BCUT2D eigenvalue weighted by atomic mass is 32.2. The Bertz CT molecular complexity index is 809. The van der Waals surface area contributed by atoms with E-state index in [0.717, 1.165) is 14.2 Å². The van der Waals surface area contributed by atoms with Crippen LogP contribution in [0.25, 0.3) is 0 Å². The summed E-state index contributed by atoms with van der Waals surface area (Å²) in [5, 5.41) is 0. The summed E-state index contributed by atoms with van der Waals surface area (Å²) < 4.78 is 35.8. The third kappa shape index (κ3) is 3.29. The Labute approximate surface area is 143 Å². The van der Waals surface area contributed by atoms with Crippen molar-refractivity contribution in [3.63, 3.8) is 0 Å². The number of amides is 1. The topological polar surface area (TPSA) is 116 Å². The number of rotatable bonds is 5. The average molecular weight is 375 g/mol. The van der Waals surface area contributed by atoms with Crippen molar-refractivity contribution in [2.24, 2.45) is 11.8 Å². The maximum absolute atomic E-state index is 12.5. The molecule has 1 N–H and O–H groups in total. The maximum Gasteiger partial charge on any atom is 0.348 e. The van der Waals surface area contributed by atoms with E-state index in [0.29, 0.717) is 17.8 Å². The van der Waals surface area contributed by atoms with Gasteiger partial charge in [-0.05, 0) is 24.8 Å². The van der Waals surface area contributed by atoms with Gasteiger partial charge >= 0.3 is 11.9 Å². The molecule has 1 aliphatic carbocycles. The molecule has 10 heteroatoms. The number of nitrogens with one attached hydrogen (secondary N) is 1. The van der Waals surface area contributed by atoms with Crippen molar-refractivity contribution in [1.29, 1.82) is 0 Å². The van der Waals surface area contributed by atoms with Gasteiger partial charge in [-0.25, -0.2) is 22.7 Å². The van der Waals surface area contributed by atoms with Crippen LogP contribution in [0.4, 0.5) is 0 Å². The average Bonchev–Trinajstić information content (AvgIpc) is 3.15. The van der Waals surface area contributed by atoms with E-state index >= 15 is 0 Å². The molecule has 0 aliphatic heterocycles. The number of esters is 2. The first-order chi connectivity index (χ1) is 11.1. The first-order valence-corrected chi connectivity index (χ1v) is 9.30. The Balaban J connectivity index is 2.49. The van der Waals surface area contributed by atoms with Crippen LogP contribution in [-0.4, -0.2) is 40.5 Å². The molecule has 0 unspecified atom stereocenters. The van der Waals surface area contributed by atoms with Crippen molar-refractivity contribution in [2.45, 2.75) is 24.5 Å². The third-order valence-corrected chi connectivity index (χ3v) is 6.94. The highest BCUT2D eigenvalue weighted by molar-refractivity contribution is 7.92. The number of ether oxygens (including phenoxy) is 2. The van der Waals surface area contributed by atoms with Crippen LogP contribution in [0.3, 0.4) is 0 Å². The number of carbonyl (C=O) groups is 3. The maximum atomic E-state index is 12.5. The van der Waals surface area contributed by atoms with Gasteiger partial charge in [0.15, 0.2) is 4.21 Å². The van der Waals surface area contributed by atoms with Crippen LogP contribution in [0.2, 0.25) is 0 Å². The minimum absolute atomic E-state index is 0.0366. The van der Waals surface area contributed by atoms with Crippen LogP contribution in [0.1, 0.15) is 38.9 Å². The lowest BCUT2D eigenvalue weighted by Gasteiger charge is -2.07. The van der Waals surface area contributed by atoms with Gasteiger partial charge in [0.2, 0.25) is 5.91 Å². The van der Waals surface area contributed by atoms with Gasteiger partial charge in [0.1, 0.15) is 4.88 Å². The number of thiophene rings is 1. The lowest BCUT2D eigenvalue weighted by Crippen LogP contribution is -2.32. The molecule has 2 rings (SSSR count). The summed E-state index contributed by atoms with van der Waals surface area (Å²) >= 11 is 0.566. The molecule has 132 valence electrons. The molecule has 8 nitrogen and oxygen atoms in total. The zero-order valence-corrected chi connectivity index (χ0v) is 15.2. The molecule has 0 bridgehead atoms. The molecule has 1 fully saturated rings. The SMILES string of the molecule is COC(=O)c1sc(S(=O)(=O)NC(=O)[C@H]2C[C@H]2C)c(C(=O)OC)c1C. The lowest BCUT2D eigenvalue weighted by atomic mass is 10.2. The number of sulfonamides is 1. The summed E-state index contributed by atoms with van der Waals surface area (Å²) in [4.78, 5) is 35.6. The van der Waals surface area contributed by atoms with E-state index in [1.165, 1.54) is 6.92 Å². The van der Waals surface area contributed by atoms with E-state index in [2.05, 4.69) is 9.47 Å². The zero-order valence-electron chi connectivity index (χ0n) is 13.5. The summed E-state index contributed by atoms with van der Waals surface area (Å²) in [6.45, 7) is 3.25. The predicted molar refractivity (Wildman–Crippen MR) is 84.3 cm³/mol. The van der Waals surface area contributed by atoms with Crippen LogP contribution in [0.15, 0.2) is 4.21 Å². The second-order valence-corrected chi connectivity index (χ2v) is 8.39. The third-order valence-electron chi connectivity index (χ3n) is 3.80. The van der Waals surface area contributed by atoms with Gasteiger partial charge in [0.05, 0.1) is 19.8 Å². The van der Waals surface area contributed by atoms with Crippen molar-refractivity contribution in [1.82, 2.24) is 4.72 Å². The molecule has 1 heterocycles. The van der Waals surface area contributed by atoms with E-state index in [-0.39, 0.29) is 27.8 Å². The smallest absolute Gasteiger partial charge is 0.348 e.